The number of carbonyl (C=O) groups excluding carboxylic acids is 2. The number of halogens is 1. The fourth-order valence-corrected chi connectivity index (χ4v) is 5.38. The van der Waals surface area contributed by atoms with E-state index in [0.29, 0.717) is 46.7 Å². The molecule has 2 heterocycles. The van der Waals surface area contributed by atoms with Gasteiger partial charge in [0.15, 0.2) is 0 Å². The maximum absolute atomic E-state index is 13.5. The molecule has 2 amide bonds. The molecule has 1 aliphatic carbocycles. The van der Waals surface area contributed by atoms with Gasteiger partial charge in [-0.05, 0) is 37.5 Å². The van der Waals surface area contributed by atoms with E-state index in [1.165, 1.54) is 36.1 Å². The number of aromatic nitrogens is 1. The third-order valence-electron chi connectivity index (χ3n) is 7.09. The molecule has 2 aromatic rings. The number of nitrogens with one attached hydrogen (secondary N) is 2. The highest BCUT2D eigenvalue weighted by Gasteiger charge is 2.43. The first kappa shape index (κ1) is 26.7. The highest BCUT2D eigenvalue weighted by molar-refractivity contribution is 6.31. The first-order chi connectivity index (χ1) is 17.8. The van der Waals surface area contributed by atoms with Crippen molar-refractivity contribution in [3.63, 3.8) is 0 Å². The van der Waals surface area contributed by atoms with E-state index >= 15 is 0 Å². The molecule has 1 saturated heterocycles. The molecule has 0 radical (unpaired) electrons. The van der Waals surface area contributed by atoms with E-state index in [2.05, 4.69) is 16.8 Å². The predicted octanol–water partition coefficient (Wildman–Crippen LogP) is 2.26. The molecule has 2 N–H and O–H groups in total. The third kappa shape index (κ3) is 5.49. The normalized spacial score (nSPS) is 21.8. The minimum atomic E-state index is -0.844. The fraction of sp³-hybridized carbons (Fsp3) is 0.462. The largest absolute Gasteiger partial charge is 0.495 e. The number of hydrazine groups is 1. The van der Waals surface area contributed by atoms with Crippen LogP contribution in [0.3, 0.4) is 0 Å². The summed E-state index contributed by atoms with van der Waals surface area (Å²) in [4.78, 5) is 39.0. The number of carbonyl (C=O) groups is 2. The van der Waals surface area contributed by atoms with Crippen molar-refractivity contribution in [2.45, 2.75) is 43.8 Å². The summed E-state index contributed by atoms with van der Waals surface area (Å²) in [5, 5.41) is 14.6. The molecule has 0 spiro atoms. The number of nitriles is 1. The summed E-state index contributed by atoms with van der Waals surface area (Å²) in [7, 11) is 4.70. The molecule has 4 atom stereocenters. The maximum atomic E-state index is 13.5. The fourth-order valence-electron chi connectivity index (χ4n) is 5.21. The van der Waals surface area contributed by atoms with Crippen LogP contribution in [0.1, 0.15) is 37.3 Å². The number of ether oxygens (including phenoxy) is 2. The van der Waals surface area contributed by atoms with E-state index in [1.54, 1.807) is 25.2 Å². The average Bonchev–Trinajstić information content (AvgIpc) is 3.17. The molecule has 0 bridgehead atoms. The lowest BCUT2D eigenvalue weighted by Crippen LogP contribution is -2.48. The van der Waals surface area contributed by atoms with Crippen molar-refractivity contribution in [3.8, 4) is 22.9 Å². The predicted molar refractivity (Wildman–Crippen MR) is 137 cm³/mol. The smallest absolute Gasteiger partial charge is 0.252 e. The zero-order valence-corrected chi connectivity index (χ0v) is 21.7. The monoisotopic (exact) mass is 527 g/mol. The van der Waals surface area contributed by atoms with Crippen LogP contribution >= 0.6 is 11.6 Å². The standard InChI is InChI=1S/C26H30ClN5O5/c1-31-26(35)18-7-6-17(11-21(18)30-31)29-25(34)22(8-9-36-2)32-14-23(37-3)20(12-24(32)33)19-10-16(27)5-4-15(19)13-28/h4-5,10,12,14,17-18,21-22,30H,6-9,11H2,1-3H3,(H,29,34). The van der Waals surface area contributed by atoms with Crippen molar-refractivity contribution in [2.24, 2.45) is 5.92 Å². The van der Waals surface area contributed by atoms with Gasteiger partial charge in [0.25, 0.3) is 5.56 Å². The number of methoxy groups -OCH3 is 2. The van der Waals surface area contributed by atoms with Crippen LogP contribution in [0.2, 0.25) is 5.02 Å². The summed E-state index contributed by atoms with van der Waals surface area (Å²) in [5.74, 6) is 0.0127. The van der Waals surface area contributed by atoms with Crippen molar-refractivity contribution in [2.75, 3.05) is 27.9 Å². The Balaban J connectivity index is 1.62. The van der Waals surface area contributed by atoms with Gasteiger partial charge in [-0.2, -0.15) is 5.26 Å². The molecule has 4 rings (SSSR count). The molecule has 37 heavy (non-hydrogen) atoms. The van der Waals surface area contributed by atoms with Gasteiger partial charge in [0.2, 0.25) is 11.8 Å². The van der Waals surface area contributed by atoms with E-state index in [9.17, 15) is 19.6 Å². The van der Waals surface area contributed by atoms with Gasteiger partial charge in [-0.3, -0.25) is 24.0 Å². The van der Waals surface area contributed by atoms with Crippen LogP contribution in [0, 0.1) is 17.2 Å². The van der Waals surface area contributed by atoms with Crippen LogP contribution in [-0.2, 0) is 14.3 Å². The van der Waals surface area contributed by atoms with Gasteiger partial charge in [0, 0.05) is 61.5 Å². The average molecular weight is 528 g/mol. The Morgan fingerprint density at radius 3 is 2.76 bits per heavy atom. The molecule has 196 valence electrons. The van der Waals surface area contributed by atoms with Gasteiger partial charge in [0.1, 0.15) is 11.8 Å². The molecule has 2 aliphatic rings. The Hall–Kier alpha value is -3.39. The quantitative estimate of drug-likeness (QED) is 0.539. The number of fused-ring (bicyclic) bond motifs is 1. The Labute approximate surface area is 220 Å². The van der Waals surface area contributed by atoms with Crippen LogP contribution in [0.5, 0.6) is 5.75 Å². The molecule has 1 aliphatic heterocycles. The minimum absolute atomic E-state index is 0.0249. The molecule has 11 heteroatoms. The second-order valence-corrected chi connectivity index (χ2v) is 9.79. The van der Waals surface area contributed by atoms with Gasteiger partial charge < -0.3 is 14.8 Å². The molecule has 1 aromatic heterocycles. The van der Waals surface area contributed by atoms with Crippen molar-refractivity contribution in [1.82, 2.24) is 20.3 Å². The van der Waals surface area contributed by atoms with E-state index in [1.807, 2.05) is 0 Å². The van der Waals surface area contributed by atoms with Crippen LogP contribution in [0.15, 0.2) is 35.3 Å². The number of pyridine rings is 1. The van der Waals surface area contributed by atoms with Crippen LogP contribution in [-0.4, -0.2) is 61.3 Å². The second kappa shape index (κ2) is 11.3. The maximum Gasteiger partial charge on any atom is 0.252 e. The number of amides is 2. The van der Waals surface area contributed by atoms with E-state index in [4.69, 9.17) is 21.1 Å². The topological polar surface area (TPSA) is 126 Å². The third-order valence-corrected chi connectivity index (χ3v) is 7.33. The van der Waals surface area contributed by atoms with Gasteiger partial charge in [-0.1, -0.05) is 11.6 Å². The zero-order chi connectivity index (χ0) is 26.7. The number of benzene rings is 1. The van der Waals surface area contributed by atoms with Gasteiger partial charge in [-0.15, -0.1) is 0 Å². The Morgan fingerprint density at radius 1 is 1.27 bits per heavy atom. The Kier molecular flexibility index (Phi) is 8.17. The number of nitrogens with zero attached hydrogens (tertiary/aromatic N) is 3. The minimum Gasteiger partial charge on any atom is -0.495 e. The van der Waals surface area contributed by atoms with E-state index < -0.39 is 11.6 Å². The number of hydrogen-bond donors (Lipinski definition) is 2. The van der Waals surface area contributed by atoms with Crippen molar-refractivity contribution < 1.29 is 19.1 Å². The van der Waals surface area contributed by atoms with E-state index in [-0.39, 0.29) is 42.8 Å². The Morgan fingerprint density at radius 2 is 2.05 bits per heavy atom. The van der Waals surface area contributed by atoms with Crippen molar-refractivity contribution in [1.29, 1.82) is 5.26 Å². The van der Waals surface area contributed by atoms with Gasteiger partial charge >= 0.3 is 0 Å². The van der Waals surface area contributed by atoms with Crippen molar-refractivity contribution in [3.05, 3.63) is 51.4 Å². The summed E-state index contributed by atoms with van der Waals surface area (Å²) < 4.78 is 12.1. The molecule has 2 fully saturated rings. The first-order valence-corrected chi connectivity index (χ1v) is 12.5. The summed E-state index contributed by atoms with van der Waals surface area (Å²) >= 11 is 6.16. The lowest BCUT2D eigenvalue weighted by molar-refractivity contribution is -0.131. The molecular weight excluding hydrogens is 498 g/mol. The molecule has 10 nitrogen and oxygen atoms in total. The van der Waals surface area contributed by atoms with Gasteiger partial charge in [-0.25, -0.2) is 5.43 Å². The molecule has 1 saturated carbocycles. The lowest BCUT2D eigenvalue weighted by Gasteiger charge is -2.31. The van der Waals surface area contributed by atoms with Crippen LogP contribution in [0.25, 0.3) is 11.1 Å². The molecule has 4 unspecified atom stereocenters. The van der Waals surface area contributed by atoms with Gasteiger partial charge in [0.05, 0.1) is 30.9 Å². The summed E-state index contributed by atoms with van der Waals surface area (Å²) in [6.07, 6.45) is 3.73. The lowest BCUT2D eigenvalue weighted by atomic mass is 9.82. The Bertz CT molecular complexity index is 1290. The van der Waals surface area contributed by atoms with Crippen LogP contribution < -0.4 is 21.0 Å². The highest BCUT2D eigenvalue weighted by Crippen LogP contribution is 2.34. The second-order valence-electron chi connectivity index (χ2n) is 9.36. The summed E-state index contributed by atoms with van der Waals surface area (Å²) in [6.45, 7) is 0.262. The van der Waals surface area contributed by atoms with Crippen LogP contribution in [0.4, 0.5) is 0 Å². The summed E-state index contributed by atoms with van der Waals surface area (Å²) in [5.41, 5.74) is 3.96. The first-order valence-electron chi connectivity index (χ1n) is 12.1. The van der Waals surface area contributed by atoms with Crippen molar-refractivity contribution >= 4 is 23.4 Å². The SMILES string of the molecule is COCCC(C(=O)NC1CCC2C(=O)N(C)NC2C1)n1cc(OC)c(-c2cc(Cl)ccc2C#N)cc1=O. The number of hydrogen-bond acceptors (Lipinski definition) is 7. The zero-order valence-electron chi connectivity index (χ0n) is 21.0. The molecule has 1 aromatic carbocycles. The van der Waals surface area contributed by atoms with E-state index in [0.717, 1.165) is 0 Å². The number of rotatable bonds is 8. The summed E-state index contributed by atoms with van der Waals surface area (Å²) in [6, 6.07) is 7.25. The molecular formula is C26H30ClN5O5. The highest BCUT2D eigenvalue weighted by atomic mass is 35.5.